The van der Waals surface area contributed by atoms with E-state index in [-0.39, 0.29) is 11.5 Å². The molecule has 0 spiro atoms. The number of likely N-dealkylation sites (tertiary alicyclic amines) is 1. The van der Waals surface area contributed by atoms with Crippen LogP contribution in [0.15, 0.2) is 0 Å². The predicted molar refractivity (Wildman–Crippen MR) is 115 cm³/mol. The maximum atomic E-state index is 12.9. The minimum atomic E-state index is -1.20. The van der Waals surface area contributed by atoms with E-state index < -0.39 is 47.9 Å². The van der Waals surface area contributed by atoms with Crippen LogP contribution >= 0.6 is 37.0 Å². The number of carbonyl (C=O) groups is 4. The van der Waals surface area contributed by atoms with Crippen LogP contribution < -0.4 is 16.4 Å². The third-order valence-electron chi connectivity index (χ3n) is 4.40. The zero-order valence-electron chi connectivity index (χ0n) is 15.7. The highest BCUT2D eigenvalue weighted by Gasteiger charge is 2.38. The molecule has 9 nitrogen and oxygen atoms in total. The van der Waals surface area contributed by atoms with E-state index in [1.807, 2.05) is 6.26 Å². The molecule has 0 aromatic carbocycles. The Morgan fingerprint density at radius 3 is 2.39 bits per heavy atom. The van der Waals surface area contributed by atoms with Gasteiger partial charge < -0.3 is 26.4 Å². The minimum absolute atomic E-state index is 0.0546. The normalized spacial score (nSPS) is 19.6. The number of thiol groups is 2. The molecular formula is C16H28N4O5S3. The summed E-state index contributed by atoms with van der Waals surface area (Å²) in [5, 5.41) is 14.1. The standard InChI is InChI=1S/C16H28N4O5S3/c1-28-6-4-9(17)13(21)18-10(7-26)15(23)20-5-2-3-12(20)14(22)19-11(8-27)16(24)25/h9-12,26-27H,2-8,17H2,1H3,(H,18,21)(H,19,22)(H,24,25). The maximum absolute atomic E-state index is 12.9. The minimum Gasteiger partial charge on any atom is -0.480 e. The second-order valence-corrected chi connectivity index (χ2v) is 8.12. The molecule has 0 radical (unpaired) electrons. The summed E-state index contributed by atoms with van der Waals surface area (Å²) in [7, 11) is 0. The Morgan fingerprint density at radius 2 is 1.86 bits per heavy atom. The number of aliphatic carboxylic acids is 1. The van der Waals surface area contributed by atoms with Crippen LogP contribution in [0, 0.1) is 0 Å². The van der Waals surface area contributed by atoms with Crippen LogP contribution in [0.4, 0.5) is 0 Å². The van der Waals surface area contributed by atoms with E-state index in [2.05, 4.69) is 35.9 Å². The van der Waals surface area contributed by atoms with Gasteiger partial charge in [0, 0.05) is 18.1 Å². The van der Waals surface area contributed by atoms with Crippen molar-refractivity contribution in [1.29, 1.82) is 0 Å². The molecule has 4 atom stereocenters. The molecule has 28 heavy (non-hydrogen) atoms. The summed E-state index contributed by atoms with van der Waals surface area (Å²) in [6.07, 6.45) is 3.40. The Bertz CT molecular complexity index is 580. The van der Waals surface area contributed by atoms with E-state index in [1.165, 1.54) is 4.90 Å². The summed E-state index contributed by atoms with van der Waals surface area (Å²) in [6, 6.07) is -3.57. The summed E-state index contributed by atoms with van der Waals surface area (Å²) >= 11 is 9.63. The number of nitrogens with two attached hydrogens (primary N) is 1. The molecule has 0 aliphatic carbocycles. The lowest BCUT2D eigenvalue weighted by Gasteiger charge is -2.29. The summed E-state index contributed by atoms with van der Waals surface area (Å²) in [5.74, 6) is -1.91. The Kier molecular flexibility index (Phi) is 11.1. The molecular weight excluding hydrogens is 424 g/mol. The molecule has 1 aliphatic heterocycles. The van der Waals surface area contributed by atoms with Crippen LogP contribution in [0.25, 0.3) is 0 Å². The Hall–Kier alpha value is -1.11. The van der Waals surface area contributed by atoms with Crippen LogP contribution in [-0.4, -0.2) is 87.9 Å². The molecule has 160 valence electrons. The van der Waals surface area contributed by atoms with E-state index in [1.54, 1.807) is 11.8 Å². The number of amides is 3. The second kappa shape index (κ2) is 12.5. The summed E-state index contributed by atoms with van der Waals surface area (Å²) < 4.78 is 0. The monoisotopic (exact) mass is 452 g/mol. The topological polar surface area (TPSA) is 142 Å². The molecule has 0 aromatic rings. The molecule has 5 N–H and O–H groups in total. The molecule has 1 aliphatic rings. The van der Waals surface area contributed by atoms with Crippen LogP contribution in [-0.2, 0) is 19.2 Å². The maximum Gasteiger partial charge on any atom is 0.327 e. The molecule has 4 unspecified atom stereocenters. The van der Waals surface area contributed by atoms with Crippen molar-refractivity contribution >= 4 is 60.7 Å². The molecule has 0 aromatic heterocycles. The summed E-state index contributed by atoms with van der Waals surface area (Å²) in [6.45, 7) is 0.341. The number of nitrogens with zero attached hydrogens (tertiary/aromatic N) is 1. The number of hydrogen-bond acceptors (Lipinski definition) is 8. The third kappa shape index (κ3) is 7.05. The molecule has 12 heteroatoms. The highest BCUT2D eigenvalue weighted by Crippen LogP contribution is 2.19. The van der Waals surface area contributed by atoms with Gasteiger partial charge in [-0.25, -0.2) is 4.79 Å². The van der Waals surface area contributed by atoms with E-state index in [4.69, 9.17) is 10.8 Å². The Morgan fingerprint density at radius 1 is 1.21 bits per heavy atom. The van der Waals surface area contributed by atoms with Gasteiger partial charge in [0.15, 0.2) is 0 Å². The van der Waals surface area contributed by atoms with Crippen molar-refractivity contribution in [3.05, 3.63) is 0 Å². The van der Waals surface area contributed by atoms with Crippen LogP contribution in [0.1, 0.15) is 19.3 Å². The number of carboxylic acid groups (broad SMARTS) is 1. The third-order valence-corrected chi connectivity index (χ3v) is 5.78. The first-order valence-electron chi connectivity index (χ1n) is 8.87. The van der Waals surface area contributed by atoms with Gasteiger partial charge in [-0.2, -0.15) is 37.0 Å². The lowest BCUT2D eigenvalue weighted by atomic mass is 10.1. The highest BCUT2D eigenvalue weighted by atomic mass is 32.2. The average molecular weight is 453 g/mol. The van der Waals surface area contributed by atoms with E-state index in [0.29, 0.717) is 25.8 Å². The van der Waals surface area contributed by atoms with Crippen LogP contribution in [0.5, 0.6) is 0 Å². The number of carboxylic acids is 1. The molecule has 3 amide bonds. The van der Waals surface area contributed by atoms with Crippen molar-refractivity contribution in [3.8, 4) is 0 Å². The smallest absolute Gasteiger partial charge is 0.327 e. The first-order valence-corrected chi connectivity index (χ1v) is 11.5. The molecule has 1 saturated heterocycles. The molecule has 0 bridgehead atoms. The lowest BCUT2D eigenvalue weighted by molar-refractivity contribution is -0.144. The van der Waals surface area contributed by atoms with Gasteiger partial charge >= 0.3 is 5.97 Å². The Balaban J connectivity index is 2.76. The first kappa shape index (κ1) is 24.9. The summed E-state index contributed by atoms with van der Waals surface area (Å²) in [5.41, 5.74) is 5.83. The van der Waals surface area contributed by atoms with E-state index >= 15 is 0 Å². The van der Waals surface area contributed by atoms with Gasteiger partial charge in [0.05, 0.1) is 6.04 Å². The van der Waals surface area contributed by atoms with E-state index in [0.717, 1.165) is 5.75 Å². The number of thioether (sulfide) groups is 1. The first-order chi connectivity index (χ1) is 13.3. The van der Waals surface area contributed by atoms with Gasteiger partial charge in [0.2, 0.25) is 17.7 Å². The second-order valence-electron chi connectivity index (χ2n) is 6.40. The number of hydrogen-bond donors (Lipinski definition) is 6. The SMILES string of the molecule is CSCCC(N)C(=O)NC(CS)C(=O)N1CCCC1C(=O)NC(CS)C(=O)O. The highest BCUT2D eigenvalue weighted by molar-refractivity contribution is 7.98. The van der Waals surface area contributed by atoms with Crippen molar-refractivity contribution in [2.24, 2.45) is 5.73 Å². The predicted octanol–water partition coefficient (Wildman–Crippen LogP) is -1.03. The number of nitrogens with one attached hydrogen (secondary N) is 2. The fourth-order valence-electron chi connectivity index (χ4n) is 2.80. The van der Waals surface area contributed by atoms with Crippen molar-refractivity contribution < 1.29 is 24.3 Å². The molecule has 1 heterocycles. The number of carbonyl (C=O) groups excluding carboxylic acids is 3. The van der Waals surface area contributed by atoms with Crippen LogP contribution in [0.3, 0.4) is 0 Å². The van der Waals surface area contributed by atoms with Gasteiger partial charge in [-0.15, -0.1) is 0 Å². The van der Waals surface area contributed by atoms with Gasteiger partial charge in [0.25, 0.3) is 0 Å². The van der Waals surface area contributed by atoms with Crippen molar-refractivity contribution in [2.75, 3.05) is 30.1 Å². The Labute approximate surface area is 179 Å². The van der Waals surface area contributed by atoms with Crippen molar-refractivity contribution in [2.45, 2.75) is 43.4 Å². The summed E-state index contributed by atoms with van der Waals surface area (Å²) in [4.78, 5) is 50.0. The number of rotatable bonds is 11. The molecule has 1 fully saturated rings. The zero-order chi connectivity index (χ0) is 21.3. The zero-order valence-corrected chi connectivity index (χ0v) is 18.3. The fraction of sp³-hybridized carbons (Fsp3) is 0.750. The lowest BCUT2D eigenvalue weighted by Crippen LogP contribution is -2.57. The average Bonchev–Trinajstić information content (AvgIpc) is 3.16. The van der Waals surface area contributed by atoms with Gasteiger partial charge in [-0.1, -0.05) is 0 Å². The quantitative estimate of drug-likeness (QED) is 0.220. The molecule has 1 rings (SSSR count). The van der Waals surface area contributed by atoms with E-state index in [9.17, 15) is 19.2 Å². The largest absolute Gasteiger partial charge is 0.480 e. The fourth-order valence-corrected chi connectivity index (χ4v) is 3.78. The van der Waals surface area contributed by atoms with Crippen molar-refractivity contribution in [1.82, 2.24) is 15.5 Å². The molecule has 0 saturated carbocycles. The van der Waals surface area contributed by atoms with Gasteiger partial charge in [-0.3, -0.25) is 14.4 Å². The van der Waals surface area contributed by atoms with Crippen molar-refractivity contribution in [3.63, 3.8) is 0 Å². The van der Waals surface area contributed by atoms with Gasteiger partial charge in [-0.05, 0) is 31.3 Å². The van der Waals surface area contributed by atoms with Gasteiger partial charge in [0.1, 0.15) is 18.1 Å². The van der Waals surface area contributed by atoms with Crippen LogP contribution in [0.2, 0.25) is 0 Å².